The number of imidazole rings is 1. The normalized spacial score (nSPS) is 11.3. The zero-order valence-electron chi connectivity index (χ0n) is 14.4. The smallest absolute Gasteiger partial charge is 0.195 e. The number of thiazole rings is 1. The summed E-state index contributed by atoms with van der Waals surface area (Å²) in [6.45, 7) is 5.52. The van der Waals surface area contributed by atoms with Crippen LogP contribution in [-0.4, -0.2) is 22.6 Å². The number of fused-ring (bicyclic) bond motifs is 3. The second kappa shape index (κ2) is 6.76. The van der Waals surface area contributed by atoms with Crippen LogP contribution in [0.3, 0.4) is 0 Å². The van der Waals surface area contributed by atoms with Crippen molar-refractivity contribution in [1.82, 2.24) is 9.38 Å². The molecule has 0 N–H and O–H groups in total. The topological polar surface area (TPSA) is 35.8 Å². The van der Waals surface area contributed by atoms with E-state index in [-0.39, 0.29) is 0 Å². The number of hydrogen-bond acceptors (Lipinski definition) is 4. The lowest BCUT2D eigenvalue weighted by atomic mass is 10.2. The van der Waals surface area contributed by atoms with Crippen molar-refractivity contribution in [1.29, 1.82) is 0 Å². The molecule has 128 valence electrons. The summed E-state index contributed by atoms with van der Waals surface area (Å²) in [7, 11) is 0. The number of rotatable bonds is 6. The van der Waals surface area contributed by atoms with Gasteiger partial charge in [-0.3, -0.25) is 4.40 Å². The van der Waals surface area contributed by atoms with E-state index < -0.39 is 0 Å². The molecule has 25 heavy (non-hydrogen) atoms. The van der Waals surface area contributed by atoms with Crippen LogP contribution in [0.15, 0.2) is 48.7 Å². The number of hydrogen-bond donors (Lipinski definition) is 0. The average molecular weight is 352 g/mol. The number of ether oxygens (including phenoxy) is 2. The molecule has 5 heteroatoms. The first-order valence-electron chi connectivity index (χ1n) is 8.56. The molecule has 2 heterocycles. The third kappa shape index (κ3) is 3.07. The molecule has 0 saturated heterocycles. The monoisotopic (exact) mass is 352 g/mol. The molecule has 0 radical (unpaired) electrons. The highest BCUT2D eigenvalue weighted by Crippen LogP contribution is 2.32. The van der Waals surface area contributed by atoms with Gasteiger partial charge in [-0.2, -0.15) is 0 Å². The van der Waals surface area contributed by atoms with Gasteiger partial charge in [-0.1, -0.05) is 18.3 Å². The van der Waals surface area contributed by atoms with Crippen LogP contribution in [0.1, 0.15) is 20.3 Å². The minimum atomic E-state index is 0.676. The van der Waals surface area contributed by atoms with Crippen LogP contribution < -0.4 is 9.47 Å². The van der Waals surface area contributed by atoms with Crippen LogP contribution >= 0.6 is 11.3 Å². The van der Waals surface area contributed by atoms with Crippen LogP contribution in [0, 0.1) is 0 Å². The van der Waals surface area contributed by atoms with E-state index in [4.69, 9.17) is 14.5 Å². The Morgan fingerprint density at radius 3 is 2.56 bits per heavy atom. The van der Waals surface area contributed by atoms with Gasteiger partial charge in [0.15, 0.2) is 4.96 Å². The Morgan fingerprint density at radius 2 is 1.80 bits per heavy atom. The lowest BCUT2D eigenvalue weighted by Gasteiger charge is -2.04. The van der Waals surface area contributed by atoms with Crippen molar-refractivity contribution in [3.8, 4) is 22.8 Å². The molecule has 4 aromatic rings. The summed E-state index contributed by atoms with van der Waals surface area (Å²) in [4.78, 5) is 5.78. The van der Waals surface area contributed by atoms with Crippen LogP contribution in [-0.2, 0) is 0 Å². The summed E-state index contributed by atoms with van der Waals surface area (Å²) >= 11 is 1.68. The molecular formula is C20H20N2O2S. The second-order valence-electron chi connectivity index (χ2n) is 5.82. The van der Waals surface area contributed by atoms with Crippen LogP contribution in [0.2, 0.25) is 0 Å². The lowest BCUT2D eigenvalue weighted by molar-refractivity contribution is 0.318. The summed E-state index contributed by atoms with van der Waals surface area (Å²) in [5, 5.41) is 0. The molecule has 0 aliphatic heterocycles. The van der Waals surface area contributed by atoms with Crippen molar-refractivity contribution in [3.63, 3.8) is 0 Å². The predicted molar refractivity (Wildman–Crippen MR) is 103 cm³/mol. The Labute approximate surface area is 150 Å². The molecule has 0 fully saturated rings. The fourth-order valence-corrected chi connectivity index (χ4v) is 3.85. The van der Waals surface area contributed by atoms with Gasteiger partial charge in [0.25, 0.3) is 0 Å². The maximum Gasteiger partial charge on any atom is 0.195 e. The van der Waals surface area contributed by atoms with Gasteiger partial charge in [0.1, 0.15) is 11.5 Å². The molecular weight excluding hydrogens is 332 g/mol. The third-order valence-corrected chi connectivity index (χ3v) is 5.02. The first kappa shape index (κ1) is 16.0. The zero-order valence-corrected chi connectivity index (χ0v) is 15.2. The molecule has 0 amide bonds. The van der Waals surface area contributed by atoms with Crippen molar-refractivity contribution in [3.05, 3.63) is 48.7 Å². The van der Waals surface area contributed by atoms with Crippen LogP contribution in [0.5, 0.6) is 11.5 Å². The summed E-state index contributed by atoms with van der Waals surface area (Å²) in [5.41, 5.74) is 3.23. The largest absolute Gasteiger partial charge is 0.494 e. The van der Waals surface area contributed by atoms with Crippen LogP contribution in [0.4, 0.5) is 0 Å². The fraction of sp³-hybridized carbons (Fsp3) is 0.250. The van der Waals surface area contributed by atoms with Crippen molar-refractivity contribution in [2.75, 3.05) is 13.2 Å². The van der Waals surface area contributed by atoms with Gasteiger partial charge < -0.3 is 9.47 Å². The number of aromatic nitrogens is 2. The van der Waals surface area contributed by atoms with E-state index >= 15 is 0 Å². The summed E-state index contributed by atoms with van der Waals surface area (Å²) in [5.74, 6) is 1.81. The van der Waals surface area contributed by atoms with E-state index in [1.54, 1.807) is 11.3 Å². The van der Waals surface area contributed by atoms with E-state index in [1.165, 1.54) is 4.70 Å². The van der Waals surface area contributed by atoms with E-state index in [2.05, 4.69) is 41.8 Å². The van der Waals surface area contributed by atoms with Gasteiger partial charge in [0, 0.05) is 11.8 Å². The predicted octanol–water partition coefficient (Wildman–Crippen LogP) is 5.40. The van der Waals surface area contributed by atoms with Gasteiger partial charge in [-0.15, -0.1) is 0 Å². The highest BCUT2D eigenvalue weighted by molar-refractivity contribution is 7.23. The van der Waals surface area contributed by atoms with Crippen molar-refractivity contribution < 1.29 is 9.47 Å². The van der Waals surface area contributed by atoms with Gasteiger partial charge in [-0.05, 0) is 55.8 Å². The Balaban J connectivity index is 1.68. The SMILES string of the molecule is CCCOc1ccc2c(c1)sc1nc(-c3ccc(OCC)cc3)cn12. The molecule has 4 nitrogen and oxygen atoms in total. The van der Waals surface area contributed by atoms with Crippen molar-refractivity contribution >= 4 is 26.5 Å². The molecule has 0 aliphatic carbocycles. The van der Waals surface area contributed by atoms with Crippen molar-refractivity contribution in [2.24, 2.45) is 0 Å². The summed E-state index contributed by atoms with van der Waals surface area (Å²) in [6.07, 6.45) is 3.10. The Kier molecular flexibility index (Phi) is 4.32. The first-order valence-corrected chi connectivity index (χ1v) is 9.38. The van der Waals surface area contributed by atoms with Gasteiger partial charge in [0.2, 0.25) is 0 Å². The molecule has 0 spiro atoms. The third-order valence-electron chi connectivity index (χ3n) is 4.00. The molecule has 0 atom stereocenters. The van der Waals surface area contributed by atoms with Crippen molar-refractivity contribution in [2.45, 2.75) is 20.3 Å². The minimum Gasteiger partial charge on any atom is -0.494 e. The Morgan fingerprint density at radius 1 is 1.00 bits per heavy atom. The van der Waals surface area contributed by atoms with Gasteiger partial charge in [0.05, 0.1) is 29.1 Å². The molecule has 4 rings (SSSR count). The zero-order chi connectivity index (χ0) is 17.2. The summed E-state index contributed by atoms with van der Waals surface area (Å²) < 4.78 is 14.6. The Hall–Kier alpha value is -2.53. The van der Waals surface area contributed by atoms with Gasteiger partial charge in [-0.25, -0.2) is 4.98 Å². The summed E-state index contributed by atoms with van der Waals surface area (Å²) in [6, 6.07) is 14.3. The first-order chi connectivity index (χ1) is 12.3. The maximum absolute atomic E-state index is 5.73. The highest BCUT2D eigenvalue weighted by atomic mass is 32.1. The highest BCUT2D eigenvalue weighted by Gasteiger charge is 2.11. The molecule has 0 bridgehead atoms. The Bertz CT molecular complexity index is 1000. The molecule has 2 aromatic carbocycles. The molecule has 2 aromatic heterocycles. The van der Waals surface area contributed by atoms with E-state index in [1.807, 2.05) is 25.1 Å². The number of benzene rings is 2. The van der Waals surface area contributed by atoms with Crippen LogP contribution in [0.25, 0.3) is 26.4 Å². The van der Waals surface area contributed by atoms with E-state index in [9.17, 15) is 0 Å². The quantitative estimate of drug-likeness (QED) is 0.466. The van der Waals surface area contributed by atoms with Gasteiger partial charge >= 0.3 is 0 Å². The van der Waals surface area contributed by atoms with E-state index in [0.717, 1.165) is 46.3 Å². The average Bonchev–Trinajstić information content (AvgIpc) is 3.18. The fourth-order valence-electron chi connectivity index (χ4n) is 2.82. The molecule has 0 aliphatic rings. The standard InChI is InChI=1S/C20H20N2O2S/c1-3-11-24-16-9-10-18-19(12-16)25-20-21-17(13-22(18)20)14-5-7-15(8-6-14)23-4-2/h5-10,12-13H,3-4,11H2,1-2H3. The minimum absolute atomic E-state index is 0.676. The number of nitrogens with zero attached hydrogens (tertiary/aromatic N) is 2. The lowest BCUT2D eigenvalue weighted by Crippen LogP contribution is -1.94. The molecule has 0 saturated carbocycles. The maximum atomic E-state index is 5.73. The second-order valence-corrected chi connectivity index (χ2v) is 6.83. The van der Waals surface area contributed by atoms with E-state index in [0.29, 0.717) is 6.61 Å². The molecule has 0 unspecified atom stereocenters.